The van der Waals surface area contributed by atoms with Gasteiger partial charge in [0.15, 0.2) is 0 Å². The lowest BCUT2D eigenvalue weighted by Crippen LogP contribution is -2.41. The van der Waals surface area contributed by atoms with E-state index < -0.39 is 0 Å². The fraction of sp³-hybridized carbons (Fsp3) is 0.556. The number of rotatable bonds is 10. The third-order valence-corrected chi connectivity index (χ3v) is 6.79. The molecule has 1 aliphatic rings. The van der Waals surface area contributed by atoms with Crippen molar-refractivity contribution in [3.63, 3.8) is 0 Å². The zero-order chi connectivity index (χ0) is 24.7. The predicted octanol–water partition coefficient (Wildman–Crippen LogP) is 6.57. The second-order valence-corrected chi connectivity index (χ2v) is 10.1. The van der Waals surface area contributed by atoms with Crippen molar-refractivity contribution >= 4 is 34.8 Å². The molecule has 0 spiro atoms. The highest BCUT2D eigenvalue weighted by atomic mass is 35.5. The van der Waals surface area contributed by atoms with E-state index in [-0.39, 0.29) is 11.9 Å². The lowest BCUT2D eigenvalue weighted by molar-refractivity contribution is -0.140. The molecule has 7 heteroatoms. The lowest BCUT2D eigenvalue weighted by atomic mass is 9.90. The van der Waals surface area contributed by atoms with Crippen LogP contribution in [0, 0.1) is 5.92 Å². The molecule has 0 amide bonds. The summed E-state index contributed by atoms with van der Waals surface area (Å²) in [7, 11) is 3.24. The number of aromatic nitrogens is 1. The van der Waals surface area contributed by atoms with Crippen LogP contribution in [-0.2, 0) is 14.3 Å². The number of carbonyl (C=O) groups is 1. The van der Waals surface area contributed by atoms with E-state index in [9.17, 15) is 4.79 Å². The van der Waals surface area contributed by atoms with Gasteiger partial charge in [0.25, 0.3) is 0 Å². The van der Waals surface area contributed by atoms with Gasteiger partial charge in [-0.05, 0) is 67.3 Å². The Labute approximate surface area is 209 Å². The molecule has 1 unspecified atom stereocenters. The molecule has 1 N–H and O–H groups in total. The van der Waals surface area contributed by atoms with Crippen molar-refractivity contribution in [1.82, 2.24) is 4.98 Å². The molecule has 34 heavy (non-hydrogen) atoms. The summed E-state index contributed by atoms with van der Waals surface area (Å²) in [5, 5.41) is 4.12. The molecule has 6 nitrogen and oxygen atoms in total. The van der Waals surface area contributed by atoms with Crippen LogP contribution < -0.4 is 10.2 Å². The first-order valence-corrected chi connectivity index (χ1v) is 12.6. The molecule has 0 radical (unpaired) electrons. The van der Waals surface area contributed by atoms with Crippen LogP contribution in [0.25, 0.3) is 0 Å². The van der Waals surface area contributed by atoms with E-state index in [0.29, 0.717) is 29.5 Å². The number of nitrogens with zero attached hydrogens (tertiary/aromatic N) is 2. The van der Waals surface area contributed by atoms with Crippen LogP contribution >= 0.6 is 11.6 Å². The molecule has 1 fully saturated rings. The molecule has 1 saturated carbocycles. The van der Waals surface area contributed by atoms with E-state index >= 15 is 0 Å². The molecule has 0 aliphatic heterocycles. The summed E-state index contributed by atoms with van der Waals surface area (Å²) in [5.41, 5.74) is 3.22. The van der Waals surface area contributed by atoms with Gasteiger partial charge in [-0.15, -0.1) is 0 Å². The number of benzene rings is 1. The first-order valence-electron chi connectivity index (χ1n) is 12.2. The summed E-state index contributed by atoms with van der Waals surface area (Å²) in [6, 6.07) is 10.6. The maximum Gasteiger partial charge on any atom is 0.306 e. The molecule has 0 bridgehead atoms. The van der Waals surface area contributed by atoms with Crippen molar-refractivity contribution < 1.29 is 14.3 Å². The summed E-state index contributed by atoms with van der Waals surface area (Å²) in [4.78, 5) is 18.9. The first kappa shape index (κ1) is 26.3. The maximum absolute atomic E-state index is 11.9. The number of esters is 1. The number of ether oxygens (including phenoxy) is 2. The SMILES string of the molecule is COC(=O)CC(C)c1ccc(N(CC(C)C)C2CCC(OC)CC2)c(Nc2ccc(Cl)cn2)c1. The van der Waals surface area contributed by atoms with Crippen LogP contribution in [0.4, 0.5) is 17.2 Å². The summed E-state index contributed by atoms with van der Waals surface area (Å²) >= 11 is 6.06. The van der Waals surface area contributed by atoms with E-state index in [1.54, 1.807) is 6.20 Å². The molecule has 186 valence electrons. The fourth-order valence-corrected chi connectivity index (χ4v) is 4.79. The average molecular weight is 488 g/mol. The number of pyridine rings is 1. The second-order valence-electron chi connectivity index (χ2n) is 9.66. The van der Waals surface area contributed by atoms with Crippen molar-refractivity contribution in [2.24, 2.45) is 5.92 Å². The summed E-state index contributed by atoms with van der Waals surface area (Å²) < 4.78 is 10.5. The quantitative estimate of drug-likeness (QED) is 0.382. The van der Waals surface area contributed by atoms with E-state index in [4.69, 9.17) is 21.1 Å². The Bertz CT molecular complexity index is 927. The smallest absolute Gasteiger partial charge is 0.306 e. The van der Waals surface area contributed by atoms with Crippen LogP contribution in [0.2, 0.25) is 5.02 Å². The van der Waals surface area contributed by atoms with Crippen LogP contribution in [-0.4, -0.2) is 43.9 Å². The highest BCUT2D eigenvalue weighted by molar-refractivity contribution is 6.30. The van der Waals surface area contributed by atoms with Crippen molar-refractivity contribution in [1.29, 1.82) is 0 Å². The number of halogens is 1. The molecular formula is C27H38ClN3O3. The Morgan fingerprint density at radius 1 is 1.15 bits per heavy atom. The first-order chi connectivity index (χ1) is 16.3. The Hall–Kier alpha value is -2.31. The van der Waals surface area contributed by atoms with Gasteiger partial charge in [-0.1, -0.05) is 38.4 Å². The normalized spacial score (nSPS) is 19.0. The standard InChI is InChI=1S/C27H38ClN3O3/c1-18(2)17-31(22-8-10-23(33-4)11-9-22)25-12-6-20(19(3)14-27(32)34-5)15-24(25)30-26-13-7-21(28)16-29-26/h6-7,12-13,15-16,18-19,22-23H,8-11,14,17H2,1-5H3,(H,29,30). The van der Waals surface area contributed by atoms with E-state index in [1.165, 1.54) is 7.11 Å². The Kier molecular flexibility index (Phi) is 9.60. The van der Waals surface area contributed by atoms with Crippen LogP contribution in [0.5, 0.6) is 0 Å². The molecule has 3 rings (SSSR count). The van der Waals surface area contributed by atoms with Crippen molar-refractivity contribution in [2.45, 2.75) is 70.9 Å². The molecule has 1 aliphatic carbocycles. The van der Waals surface area contributed by atoms with Gasteiger partial charge in [-0.3, -0.25) is 4.79 Å². The summed E-state index contributed by atoms with van der Waals surface area (Å²) in [6.45, 7) is 7.53. The summed E-state index contributed by atoms with van der Waals surface area (Å²) in [5.74, 6) is 1.08. The van der Waals surface area contributed by atoms with Gasteiger partial charge in [-0.2, -0.15) is 0 Å². The van der Waals surface area contributed by atoms with Crippen LogP contribution in [0.3, 0.4) is 0 Å². The third kappa shape index (κ3) is 7.09. The predicted molar refractivity (Wildman–Crippen MR) is 139 cm³/mol. The second kappa shape index (κ2) is 12.4. The van der Waals surface area contributed by atoms with Gasteiger partial charge in [-0.25, -0.2) is 4.98 Å². The Morgan fingerprint density at radius 3 is 2.47 bits per heavy atom. The minimum Gasteiger partial charge on any atom is -0.469 e. The topological polar surface area (TPSA) is 63.7 Å². The Balaban J connectivity index is 1.97. The minimum absolute atomic E-state index is 0.0379. The van der Waals surface area contributed by atoms with E-state index in [0.717, 1.165) is 55.0 Å². The molecule has 0 saturated heterocycles. The molecule has 1 heterocycles. The van der Waals surface area contributed by atoms with Gasteiger partial charge in [0.2, 0.25) is 0 Å². The molecule has 1 aromatic carbocycles. The molecule has 1 aromatic heterocycles. The molecule has 2 aromatic rings. The summed E-state index contributed by atoms with van der Waals surface area (Å²) in [6.07, 6.45) is 6.69. The lowest BCUT2D eigenvalue weighted by Gasteiger charge is -2.40. The van der Waals surface area contributed by atoms with Gasteiger partial charge in [0.1, 0.15) is 5.82 Å². The largest absolute Gasteiger partial charge is 0.469 e. The number of hydrogen-bond acceptors (Lipinski definition) is 6. The highest BCUT2D eigenvalue weighted by Crippen LogP contribution is 2.37. The van der Waals surface area contributed by atoms with Gasteiger partial charge in [0, 0.05) is 25.9 Å². The minimum atomic E-state index is -0.207. The van der Waals surface area contributed by atoms with Gasteiger partial charge < -0.3 is 19.7 Å². The fourth-order valence-electron chi connectivity index (χ4n) is 4.68. The maximum atomic E-state index is 11.9. The van der Waals surface area contributed by atoms with Crippen molar-refractivity contribution in [3.8, 4) is 0 Å². The van der Waals surface area contributed by atoms with E-state index in [2.05, 4.69) is 47.2 Å². The highest BCUT2D eigenvalue weighted by Gasteiger charge is 2.28. The monoisotopic (exact) mass is 487 g/mol. The number of carbonyl (C=O) groups excluding carboxylic acids is 1. The number of hydrogen-bond donors (Lipinski definition) is 1. The zero-order valence-corrected chi connectivity index (χ0v) is 21.8. The van der Waals surface area contributed by atoms with Crippen molar-refractivity contribution in [2.75, 3.05) is 31.0 Å². The molecule has 1 atom stereocenters. The number of methoxy groups -OCH3 is 2. The third-order valence-electron chi connectivity index (χ3n) is 6.57. The molecular weight excluding hydrogens is 450 g/mol. The van der Waals surface area contributed by atoms with Gasteiger partial charge >= 0.3 is 5.97 Å². The van der Waals surface area contributed by atoms with Crippen LogP contribution in [0.15, 0.2) is 36.5 Å². The van der Waals surface area contributed by atoms with E-state index in [1.807, 2.05) is 26.2 Å². The van der Waals surface area contributed by atoms with Crippen molar-refractivity contribution in [3.05, 3.63) is 47.1 Å². The average Bonchev–Trinajstić information content (AvgIpc) is 2.84. The number of nitrogens with one attached hydrogen (secondary N) is 1. The van der Waals surface area contributed by atoms with Crippen LogP contribution in [0.1, 0.15) is 64.4 Å². The van der Waals surface area contributed by atoms with Gasteiger partial charge in [0.05, 0.1) is 36.0 Å². The Morgan fingerprint density at radius 2 is 1.88 bits per heavy atom. The zero-order valence-electron chi connectivity index (χ0n) is 21.0. The number of anilines is 3.